The Morgan fingerprint density at radius 2 is 1.88 bits per heavy atom. The van der Waals surface area contributed by atoms with Crippen LogP contribution in [0.25, 0.3) is 12.0 Å². The van der Waals surface area contributed by atoms with Crippen LogP contribution < -0.4 is 5.32 Å². The first-order chi connectivity index (χ1) is 12.1. The molecule has 0 saturated heterocycles. The zero-order valence-corrected chi connectivity index (χ0v) is 14.0. The average molecular weight is 334 g/mol. The van der Waals surface area contributed by atoms with Gasteiger partial charge in [-0.05, 0) is 35.8 Å². The molecule has 0 aliphatic carbocycles. The number of amides is 1. The molecular formula is C18H18N6O. The van der Waals surface area contributed by atoms with E-state index in [1.807, 2.05) is 32.0 Å². The van der Waals surface area contributed by atoms with Gasteiger partial charge in [-0.3, -0.25) is 9.78 Å². The molecule has 0 bridgehead atoms. The van der Waals surface area contributed by atoms with Crippen LogP contribution in [0.2, 0.25) is 0 Å². The minimum absolute atomic E-state index is 0.216. The van der Waals surface area contributed by atoms with Crippen molar-refractivity contribution in [2.45, 2.75) is 19.8 Å². The molecular weight excluding hydrogens is 316 g/mol. The molecule has 1 amide bonds. The van der Waals surface area contributed by atoms with Crippen molar-refractivity contribution < 1.29 is 4.79 Å². The standard InChI is InChI=1S/C18H18N6O/c1-13(2)15-12-16(24(23-15)18-20-8-3-9-21-18)22-17(25)5-4-14-6-10-19-11-7-14/h3-13H,1-2H3,(H,22,25)/b5-4+. The van der Waals surface area contributed by atoms with E-state index >= 15 is 0 Å². The molecule has 0 saturated carbocycles. The second kappa shape index (κ2) is 7.48. The maximum Gasteiger partial charge on any atom is 0.252 e. The first kappa shape index (κ1) is 16.5. The number of carbonyl (C=O) groups is 1. The fraction of sp³-hybridized carbons (Fsp3) is 0.167. The topological polar surface area (TPSA) is 85.6 Å². The molecule has 3 rings (SSSR count). The average Bonchev–Trinajstić information content (AvgIpc) is 3.06. The van der Waals surface area contributed by atoms with E-state index < -0.39 is 0 Å². The number of pyridine rings is 1. The Balaban J connectivity index is 1.84. The molecule has 0 spiro atoms. The van der Waals surface area contributed by atoms with Crippen LogP contribution in [0.3, 0.4) is 0 Å². The maximum atomic E-state index is 12.3. The van der Waals surface area contributed by atoms with Gasteiger partial charge < -0.3 is 5.32 Å². The molecule has 0 aliphatic rings. The molecule has 0 unspecified atom stereocenters. The van der Waals surface area contributed by atoms with Crippen LogP contribution in [-0.4, -0.2) is 30.6 Å². The Labute approximate surface area is 145 Å². The summed E-state index contributed by atoms with van der Waals surface area (Å²) in [6.07, 6.45) is 9.80. The monoisotopic (exact) mass is 334 g/mol. The van der Waals surface area contributed by atoms with Crippen LogP contribution in [0, 0.1) is 0 Å². The summed E-state index contributed by atoms with van der Waals surface area (Å²) in [5, 5.41) is 7.33. The van der Waals surface area contributed by atoms with Gasteiger partial charge in [-0.1, -0.05) is 13.8 Å². The minimum Gasteiger partial charge on any atom is -0.307 e. The Kier molecular flexibility index (Phi) is 4.94. The maximum absolute atomic E-state index is 12.3. The van der Waals surface area contributed by atoms with Gasteiger partial charge in [0, 0.05) is 36.9 Å². The minimum atomic E-state index is -0.260. The Hall–Kier alpha value is -3.35. The summed E-state index contributed by atoms with van der Waals surface area (Å²) in [5.41, 5.74) is 1.74. The van der Waals surface area contributed by atoms with Crippen molar-refractivity contribution in [1.29, 1.82) is 0 Å². The summed E-state index contributed by atoms with van der Waals surface area (Å²) in [4.78, 5) is 24.6. The molecule has 0 atom stereocenters. The summed E-state index contributed by atoms with van der Waals surface area (Å²) in [7, 11) is 0. The summed E-state index contributed by atoms with van der Waals surface area (Å²) >= 11 is 0. The molecule has 0 aromatic carbocycles. The molecule has 126 valence electrons. The van der Waals surface area contributed by atoms with Crippen molar-refractivity contribution >= 4 is 17.8 Å². The van der Waals surface area contributed by atoms with Gasteiger partial charge in [-0.15, -0.1) is 0 Å². The summed E-state index contributed by atoms with van der Waals surface area (Å²) < 4.78 is 1.54. The lowest BCUT2D eigenvalue weighted by molar-refractivity contribution is -0.111. The van der Waals surface area contributed by atoms with E-state index in [9.17, 15) is 4.79 Å². The lowest BCUT2D eigenvalue weighted by Gasteiger charge is -2.05. The third kappa shape index (κ3) is 4.14. The predicted molar refractivity (Wildman–Crippen MR) is 95.1 cm³/mol. The van der Waals surface area contributed by atoms with Crippen LogP contribution in [0.5, 0.6) is 0 Å². The van der Waals surface area contributed by atoms with Crippen molar-refractivity contribution in [3.63, 3.8) is 0 Å². The zero-order valence-electron chi connectivity index (χ0n) is 14.0. The highest BCUT2D eigenvalue weighted by molar-refractivity contribution is 6.01. The molecule has 0 aliphatic heterocycles. The molecule has 0 fully saturated rings. The van der Waals surface area contributed by atoms with E-state index in [1.54, 1.807) is 36.9 Å². The van der Waals surface area contributed by atoms with Gasteiger partial charge in [-0.25, -0.2) is 9.97 Å². The van der Waals surface area contributed by atoms with E-state index in [4.69, 9.17) is 0 Å². The van der Waals surface area contributed by atoms with E-state index in [1.165, 1.54) is 10.8 Å². The fourth-order valence-corrected chi connectivity index (χ4v) is 2.14. The van der Waals surface area contributed by atoms with Crippen molar-refractivity contribution in [1.82, 2.24) is 24.7 Å². The van der Waals surface area contributed by atoms with Crippen molar-refractivity contribution in [2.24, 2.45) is 0 Å². The van der Waals surface area contributed by atoms with E-state index in [0.717, 1.165) is 11.3 Å². The first-order valence-corrected chi connectivity index (χ1v) is 7.90. The predicted octanol–water partition coefficient (Wildman–Crippen LogP) is 2.83. The van der Waals surface area contributed by atoms with Crippen molar-refractivity contribution in [2.75, 3.05) is 5.32 Å². The van der Waals surface area contributed by atoms with Gasteiger partial charge in [-0.2, -0.15) is 9.78 Å². The first-order valence-electron chi connectivity index (χ1n) is 7.90. The SMILES string of the molecule is CC(C)c1cc(NC(=O)/C=C/c2ccncc2)n(-c2ncccn2)n1. The number of rotatable bonds is 5. The van der Waals surface area contributed by atoms with Gasteiger partial charge in [0.2, 0.25) is 5.91 Å². The van der Waals surface area contributed by atoms with Crippen LogP contribution in [0.4, 0.5) is 5.82 Å². The second-order valence-electron chi connectivity index (χ2n) is 5.67. The normalized spacial score (nSPS) is 11.2. The molecule has 7 nitrogen and oxygen atoms in total. The Bertz CT molecular complexity index is 871. The van der Waals surface area contributed by atoms with Crippen molar-refractivity contribution in [3.05, 3.63) is 66.4 Å². The number of carbonyl (C=O) groups excluding carboxylic acids is 1. The number of nitrogens with zero attached hydrogens (tertiary/aromatic N) is 5. The van der Waals surface area contributed by atoms with Gasteiger partial charge in [0.05, 0.1) is 5.69 Å². The smallest absolute Gasteiger partial charge is 0.252 e. The third-order valence-corrected chi connectivity index (χ3v) is 3.45. The number of anilines is 1. The number of aromatic nitrogens is 5. The highest BCUT2D eigenvalue weighted by atomic mass is 16.1. The van der Waals surface area contributed by atoms with Gasteiger partial charge in [0.15, 0.2) is 0 Å². The lowest BCUT2D eigenvalue weighted by atomic mass is 10.1. The molecule has 7 heteroatoms. The fourth-order valence-electron chi connectivity index (χ4n) is 2.14. The second-order valence-corrected chi connectivity index (χ2v) is 5.67. The highest BCUT2D eigenvalue weighted by Crippen LogP contribution is 2.20. The Morgan fingerprint density at radius 1 is 1.16 bits per heavy atom. The van der Waals surface area contributed by atoms with E-state index in [0.29, 0.717) is 11.8 Å². The van der Waals surface area contributed by atoms with Gasteiger partial charge in [0.25, 0.3) is 5.95 Å². The van der Waals surface area contributed by atoms with Crippen LogP contribution in [0.15, 0.2) is 55.1 Å². The van der Waals surface area contributed by atoms with Crippen molar-refractivity contribution in [3.8, 4) is 5.95 Å². The summed E-state index contributed by atoms with van der Waals surface area (Å²) in [6, 6.07) is 7.21. The number of nitrogens with one attached hydrogen (secondary N) is 1. The van der Waals surface area contributed by atoms with Crippen LogP contribution in [0.1, 0.15) is 31.0 Å². The third-order valence-electron chi connectivity index (χ3n) is 3.45. The van der Waals surface area contributed by atoms with E-state index in [-0.39, 0.29) is 11.8 Å². The van der Waals surface area contributed by atoms with Gasteiger partial charge in [0.1, 0.15) is 5.82 Å². The molecule has 25 heavy (non-hydrogen) atoms. The molecule has 3 aromatic heterocycles. The van der Waals surface area contributed by atoms with E-state index in [2.05, 4.69) is 25.4 Å². The summed E-state index contributed by atoms with van der Waals surface area (Å²) in [5.74, 6) is 0.888. The van der Waals surface area contributed by atoms with Crippen LogP contribution >= 0.6 is 0 Å². The molecule has 0 radical (unpaired) electrons. The molecule has 1 N–H and O–H groups in total. The Morgan fingerprint density at radius 3 is 2.56 bits per heavy atom. The number of hydrogen-bond acceptors (Lipinski definition) is 5. The quantitative estimate of drug-likeness (QED) is 0.725. The molecule has 3 heterocycles. The van der Waals surface area contributed by atoms with Gasteiger partial charge >= 0.3 is 0 Å². The lowest BCUT2D eigenvalue weighted by Crippen LogP contribution is -2.13. The number of hydrogen-bond donors (Lipinski definition) is 1. The zero-order chi connectivity index (χ0) is 17.6. The highest BCUT2D eigenvalue weighted by Gasteiger charge is 2.14. The van der Waals surface area contributed by atoms with Crippen LogP contribution in [-0.2, 0) is 4.79 Å². The molecule has 3 aromatic rings. The largest absolute Gasteiger partial charge is 0.307 e. The summed E-state index contributed by atoms with van der Waals surface area (Å²) in [6.45, 7) is 4.07.